The van der Waals surface area contributed by atoms with Crippen LogP contribution in [-0.2, 0) is 6.42 Å². The second kappa shape index (κ2) is 8.12. The number of hydrogen-bond acceptors (Lipinski definition) is 4. The van der Waals surface area contributed by atoms with Gasteiger partial charge in [0.25, 0.3) is 0 Å². The molecule has 1 fully saturated rings. The monoisotopic (exact) mass is 357 g/mol. The fourth-order valence-corrected chi connectivity index (χ4v) is 3.36. The zero-order valence-electron chi connectivity index (χ0n) is 15.7. The maximum atomic E-state index is 12.4. The summed E-state index contributed by atoms with van der Waals surface area (Å²) in [7, 11) is 1.66. The van der Waals surface area contributed by atoms with Crippen molar-refractivity contribution >= 4 is 11.7 Å². The number of amides is 2. The molecule has 1 aromatic carbocycles. The van der Waals surface area contributed by atoms with Gasteiger partial charge in [-0.2, -0.15) is 5.10 Å². The predicted octanol–water partition coefficient (Wildman–Crippen LogP) is 2.11. The smallest absolute Gasteiger partial charge is 0.317 e. The summed E-state index contributed by atoms with van der Waals surface area (Å²) >= 11 is 0. The van der Waals surface area contributed by atoms with Crippen LogP contribution in [0.25, 0.3) is 0 Å². The SMILES string of the molecule is COc1ccc(CCNC(=O)N2CCN(c3c(C)n[nH]c3C)CC2)cc1. The summed E-state index contributed by atoms with van der Waals surface area (Å²) in [6.07, 6.45) is 0.809. The second-order valence-corrected chi connectivity index (χ2v) is 6.59. The molecule has 0 unspecified atom stereocenters. The number of H-pyrrole nitrogens is 1. The molecule has 0 atom stereocenters. The first-order chi connectivity index (χ1) is 12.6. The van der Waals surface area contributed by atoms with Crippen molar-refractivity contribution in [2.24, 2.45) is 0 Å². The van der Waals surface area contributed by atoms with Crippen LogP contribution in [0.15, 0.2) is 24.3 Å². The Morgan fingerprint density at radius 1 is 1.19 bits per heavy atom. The molecule has 0 bridgehead atoms. The van der Waals surface area contributed by atoms with E-state index in [-0.39, 0.29) is 6.03 Å². The van der Waals surface area contributed by atoms with Gasteiger partial charge in [-0.3, -0.25) is 5.10 Å². The van der Waals surface area contributed by atoms with Crippen LogP contribution in [-0.4, -0.2) is 61.0 Å². The summed E-state index contributed by atoms with van der Waals surface area (Å²) < 4.78 is 5.16. The largest absolute Gasteiger partial charge is 0.497 e. The highest BCUT2D eigenvalue weighted by molar-refractivity contribution is 5.74. The number of nitrogens with one attached hydrogen (secondary N) is 2. The third kappa shape index (κ3) is 4.09. The lowest BCUT2D eigenvalue weighted by Crippen LogP contribution is -2.52. The molecule has 7 nitrogen and oxygen atoms in total. The van der Waals surface area contributed by atoms with Crippen molar-refractivity contribution in [2.45, 2.75) is 20.3 Å². The van der Waals surface area contributed by atoms with Crippen LogP contribution in [0.2, 0.25) is 0 Å². The summed E-state index contributed by atoms with van der Waals surface area (Å²) in [6, 6.07) is 7.95. The van der Waals surface area contributed by atoms with Crippen LogP contribution in [0.3, 0.4) is 0 Å². The summed E-state index contributed by atoms with van der Waals surface area (Å²) in [5, 5.41) is 10.3. The first-order valence-electron chi connectivity index (χ1n) is 9.00. The first kappa shape index (κ1) is 18.1. The number of aromatic nitrogens is 2. The molecular formula is C19H27N5O2. The Morgan fingerprint density at radius 3 is 2.46 bits per heavy atom. The van der Waals surface area contributed by atoms with Gasteiger partial charge in [-0.25, -0.2) is 4.79 Å². The molecule has 140 valence electrons. The number of urea groups is 1. The third-order valence-corrected chi connectivity index (χ3v) is 4.82. The molecule has 2 aromatic rings. The normalized spacial score (nSPS) is 14.4. The maximum Gasteiger partial charge on any atom is 0.317 e. The average Bonchev–Trinajstić information content (AvgIpc) is 3.00. The number of benzene rings is 1. The first-order valence-corrected chi connectivity index (χ1v) is 9.00. The van der Waals surface area contributed by atoms with Crippen LogP contribution < -0.4 is 15.0 Å². The standard InChI is InChI=1S/C19H27N5O2/c1-14-18(15(2)22-21-14)23-10-12-24(13-11-23)19(25)20-9-8-16-4-6-17(26-3)7-5-16/h4-7H,8-13H2,1-3H3,(H,20,25)(H,21,22). The molecule has 2 amide bonds. The highest BCUT2D eigenvalue weighted by Gasteiger charge is 2.23. The minimum atomic E-state index is 0.0128. The molecule has 0 aliphatic carbocycles. The number of piperazine rings is 1. The fourth-order valence-electron chi connectivity index (χ4n) is 3.36. The van der Waals surface area contributed by atoms with Crippen molar-refractivity contribution in [3.63, 3.8) is 0 Å². The number of aromatic amines is 1. The fraction of sp³-hybridized carbons (Fsp3) is 0.474. The van der Waals surface area contributed by atoms with Crippen LogP contribution in [0.5, 0.6) is 5.75 Å². The molecule has 7 heteroatoms. The van der Waals surface area contributed by atoms with Crippen molar-refractivity contribution in [3.8, 4) is 5.75 Å². The molecule has 1 aromatic heterocycles. The Bertz CT molecular complexity index is 713. The Balaban J connectivity index is 1.43. The van der Waals surface area contributed by atoms with Crippen molar-refractivity contribution < 1.29 is 9.53 Å². The highest BCUT2D eigenvalue weighted by atomic mass is 16.5. The molecule has 1 saturated heterocycles. The van der Waals surface area contributed by atoms with E-state index in [1.54, 1.807) is 7.11 Å². The highest BCUT2D eigenvalue weighted by Crippen LogP contribution is 2.23. The van der Waals surface area contributed by atoms with Crippen molar-refractivity contribution in [3.05, 3.63) is 41.2 Å². The summed E-state index contributed by atoms with van der Waals surface area (Å²) in [5.41, 5.74) is 4.45. The molecule has 2 N–H and O–H groups in total. The van der Waals surface area contributed by atoms with E-state index < -0.39 is 0 Å². The van der Waals surface area contributed by atoms with E-state index >= 15 is 0 Å². The summed E-state index contributed by atoms with van der Waals surface area (Å²) in [4.78, 5) is 16.6. The van der Waals surface area contributed by atoms with E-state index in [9.17, 15) is 4.79 Å². The molecule has 0 radical (unpaired) electrons. The van der Waals surface area contributed by atoms with Crippen molar-refractivity contribution in [1.82, 2.24) is 20.4 Å². The number of aryl methyl sites for hydroxylation is 2. The van der Waals surface area contributed by atoms with Crippen molar-refractivity contribution in [2.75, 3.05) is 44.7 Å². The van der Waals surface area contributed by atoms with Gasteiger partial charge in [0.15, 0.2) is 0 Å². The van der Waals surface area contributed by atoms with E-state index in [1.165, 1.54) is 11.3 Å². The number of carbonyl (C=O) groups excluding carboxylic acids is 1. The van der Waals surface area contributed by atoms with Gasteiger partial charge in [-0.15, -0.1) is 0 Å². The summed E-state index contributed by atoms with van der Waals surface area (Å²) in [6.45, 7) is 7.77. The zero-order chi connectivity index (χ0) is 18.5. The van der Waals surface area contributed by atoms with Gasteiger partial charge in [0.2, 0.25) is 0 Å². The predicted molar refractivity (Wildman–Crippen MR) is 102 cm³/mol. The Kier molecular flexibility index (Phi) is 5.65. The van der Waals surface area contributed by atoms with Crippen LogP contribution in [0, 0.1) is 13.8 Å². The van der Waals surface area contributed by atoms with Gasteiger partial charge in [-0.1, -0.05) is 12.1 Å². The number of carbonyl (C=O) groups is 1. The Hall–Kier alpha value is -2.70. The molecule has 26 heavy (non-hydrogen) atoms. The zero-order valence-corrected chi connectivity index (χ0v) is 15.7. The lowest BCUT2D eigenvalue weighted by atomic mass is 10.1. The minimum absolute atomic E-state index is 0.0128. The van der Waals surface area contributed by atoms with Gasteiger partial charge in [-0.05, 0) is 38.0 Å². The van der Waals surface area contributed by atoms with Gasteiger partial charge in [0.05, 0.1) is 24.2 Å². The molecule has 3 rings (SSSR count). The lowest BCUT2D eigenvalue weighted by Gasteiger charge is -2.36. The molecule has 0 spiro atoms. The number of anilines is 1. The maximum absolute atomic E-state index is 12.4. The van der Waals surface area contributed by atoms with E-state index in [4.69, 9.17) is 4.74 Å². The molecule has 1 aliphatic rings. The molecule has 2 heterocycles. The number of rotatable bonds is 5. The Labute approximate surface area is 154 Å². The summed E-state index contributed by atoms with van der Waals surface area (Å²) in [5.74, 6) is 0.846. The molecule has 1 aliphatic heterocycles. The van der Waals surface area contributed by atoms with E-state index in [0.717, 1.165) is 49.7 Å². The third-order valence-electron chi connectivity index (χ3n) is 4.82. The van der Waals surface area contributed by atoms with Gasteiger partial charge >= 0.3 is 6.03 Å². The Morgan fingerprint density at radius 2 is 1.88 bits per heavy atom. The van der Waals surface area contributed by atoms with E-state index in [0.29, 0.717) is 6.54 Å². The number of ether oxygens (including phenoxy) is 1. The van der Waals surface area contributed by atoms with Gasteiger partial charge in [0, 0.05) is 32.7 Å². The van der Waals surface area contributed by atoms with Gasteiger partial charge in [0.1, 0.15) is 5.75 Å². The molecule has 0 saturated carbocycles. The minimum Gasteiger partial charge on any atom is -0.497 e. The second-order valence-electron chi connectivity index (χ2n) is 6.59. The van der Waals surface area contributed by atoms with Gasteiger partial charge < -0.3 is 19.9 Å². The van der Waals surface area contributed by atoms with Crippen LogP contribution in [0.4, 0.5) is 10.5 Å². The lowest BCUT2D eigenvalue weighted by molar-refractivity contribution is 0.194. The van der Waals surface area contributed by atoms with E-state index in [1.807, 2.05) is 43.0 Å². The topological polar surface area (TPSA) is 73.5 Å². The number of nitrogens with zero attached hydrogens (tertiary/aromatic N) is 3. The number of methoxy groups -OCH3 is 1. The van der Waals surface area contributed by atoms with Crippen LogP contribution >= 0.6 is 0 Å². The van der Waals surface area contributed by atoms with Crippen molar-refractivity contribution in [1.29, 1.82) is 0 Å². The van der Waals surface area contributed by atoms with Crippen LogP contribution in [0.1, 0.15) is 17.0 Å². The quantitative estimate of drug-likeness (QED) is 0.860. The average molecular weight is 357 g/mol. The molecular weight excluding hydrogens is 330 g/mol. The van der Waals surface area contributed by atoms with E-state index in [2.05, 4.69) is 20.4 Å². The number of hydrogen-bond donors (Lipinski definition) is 2.